The van der Waals surface area contributed by atoms with Crippen molar-refractivity contribution in [1.29, 1.82) is 0 Å². The Hall–Kier alpha value is -16.2. The fourth-order valence-electron chi connectivity index (χ4n) is 16.2. The molecule has 12 aromatic carbocycles. The van der Waals surface area contributed by atoms with E-state index in [1.54, 1.807) is 208 Å². The van der Waals surface area contributed by atoms with Crippen molar-refractivity contribution < 1.29 is 91.0 Å². The van der Waals surface area contributed by atoms with E-state index >= 15 is 0 Å². The number of fused-ring (bicyclic) bond motifs is 11. The van der Waals surface area contributed by atoms with Gasteiger partial charge in [0.05, 0.1) is 35.1 Å². The number of ketones is 11. The molecule has 0 aromatic heterocycles. The van der Waals surface area contributed by atoms with E-state index in [0.717, 1.165) is 36.1 Å². The van der Waals surface area contributed by atoms with Crippen molar-refractivity contribution in [2.24, 2.45) is 22.7 Å². The smallest absolute Gasteiger partial charge is 0.311 e. The van der Waals surface area contributed by atoms with Crippen molar-refractivity contribution in [3.05, 3.63) is 389 Å². The number of hydrogen-bond donors (Lipinski definition) is 4. The molecule has 0 spiro atoms. The third-order valence-electron chi connectivity index (χ3n) is 26.2. The molecule has 0 bridgehead atoms. The Morgan fingerprint density at radius 3 is 1.10 bits per heavy atom. The number of carbonyl (C=O) groups excluding carboxylic acids is 17. The number of amides is 4. The van der Waals surface area contributed by atoms with Gasteiger partial charge in [0, 0.05) is 159 Å². The first-order valence-electron chi connectivity index (χ1n) is 46.9. The maximum Gasteiger partial charge on any atom is 0.311 e. The first kappa shape index (κ1) is 101. The standard InChI is InChI=1S/C26H21NO4.C25H21NO3.C25H26O5.C23H23NO5.C18H17NO2/c1-3-15(2)23(28)16-8-10-17(11-9-16)26(31)27-18-12-13-21-22(14-18)25(30)20-7-5-4-6-19(20)24(21)29;1-3-15(2)16-11-13-17(14-12-16)25(29)26-21-10-6-9-20-22(21)24(28)19-8-5-4-7-18(19)23(20)27;1-4-25(2,3)24(29)30-13-7-8-17(26)14-16-11-12-20-21(15-16)23(28)19-10-6-5-9-18(19)22(20)27;1-4-23(2,3)22(28)29-12-11-19(25)24-14-9-10-17-18(13-14)21(27)16-8-6-5-7-15(16)20(17)26;1-3-11(2)18(21)19-15-10-6-9-14-16(15)12-7-4-5-8-13(12)17(14)20/h4-15H,3H2,1-2H3,(H,27,31);4-15H,3H2,1-2H3,(H,26,29);5-6,9-12,15H,4,7-8,13-14H2,1-3H3;5-10,13H,4,11-12H2,1-3H3,(H,24,25);4-11H,3H2,1-2H3,(H,19,21). The lowest BCUT2D eigenvalue weighted by Gasteiger charge is -2.20. The second kappa shape index (κ2) is 44.3. The molecule has 5 aliphatic carbocycles. The SMILES string of the molecule is CCC(C)(C)C(=O)OCCC(=O)Nc1ccc2c(c1)C(=O)c1ccccc1C2=O.CCC(C)(C)C(=O)OCCCC(=O)Cc1ccc2c(c1)C(=O)c1ccccc1C2=O.CCC(C)C(=O)Nc1cccc2c1-c1ccccc1C2=O.CCC(C)C(=O)c1ccc(C(=O)Nc2ccc3c(c2)C(=O)c2ccccc2C3=O)cc1.CCC(C)c1ccc(C(=O)Nc2cccc3c2C(=O)c2ccccc2C3=O)cc1. The van der Waals surface area contributed by atoms with Crippen molar-refractivity contribution in [3.63, 3.8) is 0 Å². The summed E-state index contributed by atoms with van der Waals surface area (Å²) in [6, 6.07) is 73.3. The third-order valence-corrected chi connectivity index (χ3v) is 26.2. The Bertz CT molecular complexity index is 7030. The van der Waals surface area contributed by atoms with Crippen LogP contribution in [-0.4, -0.2) is 112 Å². The van der Waals surface area contributed by atoms with Gasteiger partial charge >= 0.3 is 11.9 Å². The molecule has 0 fully saturated rings. The van der Waals surface area contributed by atoms with E-state index in [4.69, 9.17) is 9.47 Å². The maximum absolute atomic E-state index is 13.0. The molecular weight excluding hydrogens is 1770 g/mol. The predicted octanol–water partition coefficient (Wildman–Crippen LogP) is 22.2. The zero-order valence-electron chi connectivity index (χ0n) is 80.1. The monoisotopic (exact) mass is 1870 g/mol. The molecule has 0 heterocycles. The molecule has 0 aliphatic heterocycles. The number of hydrogen-bond acceptors (Lipinski definition) is 19. The Morgan fingerprint density at radius 1 is 0.307 bits per heavy atom. The van der Waals surface area contributed by atoms with Crippen molar-refractivity contribution in [3.8, 4) is 11.1 Å². The number of rotatable bonds is 26. The Labute approximate surface area is 812 Å². The van der Waals surface area contributed by atoms with Crippen molar-refractivity contribution in [1.82, 2.24) is 0 Å². The molecule has 4 N–H and O–H groups in total. The van der Waals surface area contributed by atoms with Crippen molar-refractivity contribution in [2.75, 3.05) is 34.5 Å². The van der Waals surface area contributed by atoms with Gasteiger partial charge in [0.15, 0.2) is 57.8 Å². The van der Waals surface area contributed by atoms with Crippen LogP contribution in [0.3, 0.4) is 0 Å². The first-order chi connectivity index (χ1) is 67.0. The van der Waals surface area contributed by atoms with Crippen LogP contribution in [0.4, 0.5) is 22.7 Å². The molecule has 0 saturated carbocycles. The topological polar surface area (TPSA) is 357 Å². The normalized spacial score (nSPS) is 13.2. The van der Waals surface area contributed by atoms with Gasteiger partial charge in [0.25, 0.3) is 11.8 Å². The largest absolute Gasteiger partial charge is 0.465 e. The fourth-order valence-corrected chi connectivity index (χ4v) is 16.2. The molecule has 710 valence electrons. The van der Waals surface area contributed by atoms with E-state index in [1.807, 2.05) is 110 Å². The molecule has 17 rings (SSSR count). The van der Waals surface area contributed by atoms with Crippen LogP contribution in [0.5, 0.6) is 0 Å². The molecule has 4 amide bonds. The van der Waals surface area contributed by atoms with Crippen LogP contribution in [-0.2, 0) is 39.9 Å². The van der Waals surface area contributed by atoms with Gasteiger partial charge in [-0.05, 0) is 168 Å². The van der Waals surface area contributed by atoms with Crippen LogP contribution in [0.25, 0.3) is 11.1 Å². The lowest BCUT2D eigenvalue weighted by atomic mass is 9.83. The predicted molar refractivity (Wildman–Crippen MR) is 535 cm³/mol. The summed E-state index contributed by atoms with van der Waals surface area (Å²) < 4.78 is 10.4. The molecular formula is C117H108N4O19. The number of carbonyl (C=O) groups is 17. The molecule has 23 nitrogen and oxygen atoms in total. The summed E-state index contributed by atoms with van der Waals surface area (Å²) >= 11 is 0. The number of anilines is 4. The van der Waals surface area contributed by atoms with Gasteiger partial charge in [0.2, 0.25) is 11.8 Å². The van der Waals surface area contributed by atoms with Crippen LogP contribution in [0.2, 0.25) is 0 Å². The van der Waals surface area contributed by atoms with Gasteiger partial charge in [-0.25, -0.2) is 0 Å². The summed E-state index contributed by atoms with van der Waals surface area (Å²) in [7, 11) is 0. The van der Waals surface area contributed by atoms with Gasteiger partial charge in [0.1, 0.15) is 12.4 Å². The van der Waals surface area contributed by atoms with Gasteiger partial charge in [-0.2, -0.15) is 0 Å². The highest BCUT2D eigenvalue weighted by molar-refractivity contribution is 6.33. The van der Waals surface area contributed by atoms with Crippen LogP contribution >= 0.6 is 0 Å². The summed E-state index contributed by atoms with van der Waals surface area (Å²) in [6.45, 7) is 23.3. The van der Waals surface area contributed by atoms with Gasteiger partial charge in [-0.3, -0.25) is 81.5 Å². The molecule has 5 aliphatic rings. The molecule has 0 saturated heterocycles. The zero-order valence-corrected chi connectivity index (χ0v) is 80.1. The number of esters is 2. The highest BCUT2D eigenvalue weighted by atomic mass is 16.5. The van der Waals surface area contributed by atoms with Crippen LogP contribution < -0.4 is 21.3 Å². The number of Topliss-reactive ketones (excluding diaryl/α,β-unsaturated/α-hetero) is 2. The minimum absolute atomic E-state index is 0.00166. The summed E-state index contributed by atoms with van der Waals surface area (Å²) in [5, 5.41) is 11.2. The Morgan fingerprint density at radius 2 is 0.657 bits per heavy atom. The highest BCUT2D eigenvalue weighted by Crippen LogP contribution is 2.43. The molecule has 23 heteroatoms. The second-order valence-corrected chi connectivity index (χ2v) is 36.3. The Kier molecular flexibility index (Phi) is 32.1. The summed E-state index contributed by atoms with van der Waals surface area (Å²) in [4.78, 5) is 213. The van der Waals surface area contributed by atoms with Gasteiger partial charge < -0.3 is 30.7 Å². The van der Waals surface area contributed by atoms with Crippen LogP contribution in [0.1, 0.15) is 326 Å². The summed E-state index contributed by atoms with van der Waals surface area (Å²) in [6.07, 6.45) is 4.81. The highest BCUT2D eigenvalue weighted by Gasteiger charge is 2.37. The maximum atomic E-state index is 13.0. The molecule has 0 radical (unpaired) electrons. The second-order valence-electron chi connectivity index (χ2n) is 36.3. The summed E-state index contributed by atoms with van der Waals surface area (Å²) in [5.74, 6) is -2.97. The van der Waals surface area contributed by atoms with E-state index in [0.29, 0.717) is 148 Å². The molecule has 12 aromatic rings. The van der Waals surface area contributed by atoms with Crippen molar-refractivity contribution >= 4 is 122 Å². The average molecular weight is 1870 g/mol. The third kappa shape index (κ3) is 22.2. The molecule has 140 heavy (non-hydrogen) atoms. The first-order valence-corrected chi connectivity index (χ1v) is 46.9. The molecule has 3 unspecified atom stereocenters. The average Bonchev–Trinajstić information content (AvgIpc) is 1.39. The van der Waals surface area contributed by atoms with Gasteiger partial charge in [-0.1, -0.05) is 237 Å². The van der Waals surface area contributed by atoms with E-state index in [-0.39, 0.29) is 160 Å². The van der Waals surface area contributed by atoms with Gasteiger partial charge in [-0.15, -0.1) is 0 Å². The number of nitrogens with one attached hydrogen (secondary N) is 4. The minimum Gasteiger partial charge on any atom is -0.465 e. The molecule has 3 atom stereocenters. The lowest BCUT2D eigenvalue weighted by molar-refractivity contribution is -0.155. The van der Waals surface area contributed by atoms with E-state index < -0.39 is 10.8 Å². The number of ether oxygens (including phenoxy) is 2. The quantitative estimate of drug-likeness (QED) is 0.0222. The zero-order chi connectivity index (χ0) is 101. The van der Waals surface area contributed by atoms with Crippen LogP contribution in [0, 0.1) is 22.7 Å². The Balaban J connectivity index is 0.000000148. The lowest BCUT2D eigenvalue weighted by Crippen LogP contribution is -2.27. The van der Waals surface area contributed by atoms with E-state index in [1.165, 1.54) is 17.7 Å². The fraction of sp³-hybridized carbons (Fsp3) is 0.239. The van der Waals surface area contributed by atoms with E-state index in [9.17, 15) is 81.5 Å². The van der Waals surface area contributed by atoms with Crippen LogP contribution in [0.15, 0.2) is 261 Å². The number of benzene rings is 12. The summed E-state index contributed by atoms with van der Waals surface area (Å²) in [5.41, 5.74) is 12.8. The minimum atomic E-state index is -0.585. The van der Waals surface area contributed by atoms with E-state index in [2.05, 4.69) is 35.1 Å². The van der Waals surface area contributed by atoms with Crippen molar-refractivity contribution in [2.45, 2.75) is 147 Å².